The number of hydrogen-bond acceptors (Lipinski definition) is 2. The Balaban J connectivity index is 2.68. The molecule has 3 heteroatoms. The van der Waals surface area contributed by atoms with Gasteiger partial charge in [-0.15, -0.1) is 0 Å². The van der Waals surface area contributed by atoms with Crippen LogP contribution in [0.15, 0.2) is 18.2 Å². The molecule has 0 N–H and O–H groups in total. The molecule has 0 aromatic heterocycles. The number of hydrogen-bond donors (Lipinski definition) is 0. The standard InChI is InChI=1S/C10H11ClO2/c1-7-5-9(3-4-10(7)11)6-13-8(2)12/h3-5H,6H2,1-2H3. The monoisotopic (exact) mass is 198 g/mol. The molecule has 0 unspecified atom stereocenters. The van der Waals surface area contributed by atoms with Crippen molar-refractivity contribution in [1.82, 2.24) is 0 Å². The quantitative estimate of drug-likeness (QED) is 0.683. The largest absolute Gasteiger partial charge is 0.461 e. The van der Waals surface area contributed by atoms with Crippen molar-refractivity contribution < 1.29 is 9.53 Å². The summed E-state index contributed by atoms with van der Waals surface area (Å²) in [4.78, 5) is 10.5. The van der Waals surface area contributed by atoms with Gasteiger partial charge in [0.15, 0.2) is 0 Å². The van der Waals surface area contributed by atoms with Gasteiger partial charge < -0.3 is 4.74 Å². The van der Waals surface area contributed by atoms with E-state index in [1.54, 1.807) is 6.07 Å². The Morgan fingerprint density at radius 2 is 2.23 bits per heavy atom. The molecule has 2 nitrogen and oxygen atoms in total. The highest BCUT2D eigenvalue weighted by Crippen LogP contribution is 2.16. The first-order chi connectivity index (χ1) is 6.09. The molecule has 1 aromatic rings. The number of rotatable bonds is 2. The summed E-state index contributed by atoms with van der Waals surface area (Å²) in [5.74, 6) is -0.271. The number of aryl methyl sites for hydroxylation is 1. The molecule has 0 atom stereocenters. The maximum atomic E-state index is 10.5. The van der Waals surface area contributed by atoms with Gasteiger partial charge in [-0.05, 0) is 24.1 Å². The summed E-state index contributed by atoms with van der Waals surface area (Å²) in [5, 5.41) is 0.728. The Bertz CT molecular complexity index is 321. The predicted octanol–water partition coefficient (Wildman–Crippen LogP) is 2.71. The third-order valence-electron chi connectivity index (χ3n) is 1.66. The smallest absolute Gasteiger partial charge is 0.302 e. The first-order valence-electron chi connectivity index (χ1n) is 3.98. The van der Waals surface area contributed by atoms with Crippen LogP contribution >= 0.6 is 11.6 Å². The molecule has 1 rings (SSSR count). The summed E-state index contributed by atoms with van der Waals surface area (Å²) < 4.78 is 4.84. The van der Waals surface area contributed by atoms with Gasteiger partial charge in [0, 0.05) is 11.9 Å². The van der Waals surface area contributed by atoms with Crippen LogP contribution in [-0.4, -0.2) is 5.97 Å². The number of ether oxygens (including phenoxy) is 1. The molecule has 0 radical (unpaired) electrons. The van der Waals surface area contributed by atoms with E-state index in [-0.39, 0.29) is 5.97 Å². The predicted molar refractivity (Wildman–Crippen MR) is 51.7 cm³/mol. The molecule has 70 valence electrons. The van der Waals surface area contributed by atoms with E-state index in [9.17, 15) is 4.79 Å². The molecule has 13 heavy (non-hydrogen) atoms. The molecule has 0 fully saturated rings. The van der Waals surface area contributed by atoms with E-state index in [2.05, 4.69) is 0 Å². The van der Waals surface area contributed by atoms with Gasteiger partial charge in [-0.1, -0.05) is 23.7 Å². The Labute approximate surface area is 82.5 Å². The average Bonchev–Trinajstić information content (AvgIpc) is 2.07. The van der Waals surface area contributed by atoms with Crippen LogP contribution in [0.5, 0.6) is 0 Å². The van der Waals surface area contributed by atoms with Crippen molar-refractivity contribution in [3.05, 3.63) is 34.3 Å². The fraction of sp³-hybridized carbons (Fsp3) is 0.300. The number of carbonyl (C=O) groups is 1. The van der Waals surface area contributed by atoms with E-state index in [1.165, 1.54) is 6.92 Å². The van der Waals surface area contributed by atoms with Crippen LogP contribution in [0.2, 0.25) is 5.02 Å². The first kappa shape index (κ1) is 10.1. The van der Waals surface area contributed by atoms with Crippen molar-refractivity contribution >= 4 is 17.6 Å². The van der Waals surface area contributed by atoms with Crippen LogP contribution in [0.1, 0.15) is 18.1 Å². The van der Waals surface area contributed by atoms with Gasteiger partial charge in [0.2, 0.25) is 0 Å². The van der Waals surface area contributed by atoms with Crippen molar-refractivity contribution in [2.24, 2.45) is 0 Å². The minimum atomic E-state index is -0.271. The highest BCUT2D eigenvalue weighted by atomic mass is 35.5. The highest BCUT2D eigenvalue weighted by Gasteiger charge is 1.99. The van der Waals surface area contributed by atoms with Gasteiger partial charge in [-0.2, -0.15) is 0 Å². The van der Waals surface area contributed by atoms with Gasteiger partial charge in [0.25, 0.3) is 0 Å². The molecule has 0 aliphatic carbocycles. The second-order valence-corrected chi connectivity index (χ2v) is 3.27. The number of carbonyl (C=O) groups excluding carboxylic acids is 1. The zero-order chi connectivity index (χ0) is 9.84. The molecule has 0 saturated heterocycles. The number of benzene rings is 1. The SMILES string of the molecule is CC(=O)OCc1ccc(Cl)c(C)c1. The molecule has 0 aliphatic heterocycles. The summed E-state index contributed by atoms with van der Waals surface area (Å²) in [6.45, 7) is 3.62. The summed E-state index contributed by atoms with van der Waals surface area (Å²) in [7, 11) is 0. The lowest BCUT2D eigenvalue weighted by Gasteiger charge is -2.03. The van der Waals surface area contributed by atoms with Gasteiger partial charge in [-0.3, -0.25) is 4.79 Å². The fourth-order valence-corrected chi connectivity index (χ4v) is 1.10. The summed E-state index contributed by atoms with van der Waals surface area (Å²) in [6.07, 6.45) is 0. The van der Waals surface area contributed by atoms with E-state index >= 15 is 0 Å². The van der Waals surface area contributed by atoms with E-state index in [0.29, 0.717) is 6.61 Å². The highest BCUT2D eigenvalue weighted by molar-refractivity contribution is 6.31. The summed E-state index contributed by atoms with van der Waals surface area (Å²) >= 11 is 5.84. The lowest BCUT2D eigenvalue weighted by atomic mass is 10.1. The summed E-state index contributed by atoms with van der Waals surface area (Å²) in [6, 6.07) is 5.55. The van der Waals surface area contributed by atoms with Gasteiger partial charge in [0.05, 0.1) is 0 Å². The van der Waals surface area contributed by atoms with Gasteiger partial charge in [-0.25, -0.2) is 0 Å². The van der Waals surface area contributed by atoms with Crippen LogP contribution in [0.3, 0.4) is 0 Å². The molecule has 1 aromatic carbocycles. The Morgan fingerprint density at radius 3 is 2.77 bits per heavy atom. The lowest BCUT2D eigenvalue weighted by Crippen LogP contribution is -1.98. The van der Waals surface area contributed by atoms with Crippen molar-refractivity contribution in [1.29, 1.82) is 0 Å². The number of halogens is 1. The van der Waals surface area contributed by atoms with Gasteiger partial charge >= 0.3 is 5.97 Å². The maximum Gasteiger partial charge on any atom is 0.302 e. The normalized spacial score (nSPS) is 9.77. The van der Waals surface area contributed by atoms with Crippen LogP contribution in [-0.2, 0) is 16.1 Å². The number of esters is 1. The fourth-order valence-electron chi connectivity index (χ4n) is 0.982. The Hall–Kier alpha value is -1.02. The second-order valence-electron chi connectivity index (χ2n) is 2.86. The minimum absolute atomic E-state index is 0.271. The molecular weight excluding hydrogens is 188 g/mol. The summed E-state index contributed by atoms with van der Waals surface area (Å²) in [5.41, 5.74) is 1.95. The van der Waals surface area contributed by atoms with Crippen LogP contribution in [0, 0.1) is 6.92 Å². The minimum Gasteiger partial charge on any atom is -0.461 e. The Kier molecular flexibility index (Phi) is 3.32. The van der Waals surface area contributed by atoms with Crippen molar-refractivity contribution in [3.63, 3.8) is 0 Å². The topological polar surface area (TPSA) is 26.3 Å². The Morgan fingerprint density at radius 1 is 1.54 bits per heavy atom. The lowest BCUT2D eigenvalue weighted by molar-refractivity contribution is -0.142. The van der Waals surface area contributed by atoms with Crippen LogP contribution < -0.4 is 0 Å². The van der Waals surface area contributed by atoms with E-state index in [0.717, 1.165) is 16.1 Å². The zero-order valence-corrected chi connectivity index (χ0v) is 8.39. The maximum absolute atomic E-state index is 10.5. The van der Waals surface area contributed by atoms with Crippen molar-refractivity contribution in [2.75, 3.05) is 0 Å². The molecule has 0 aliphatic rings. The molecule has 0 spiro atoms. The molecule has 0 amide bonds. The van der Waals surface area contributed by atoms with Crippen LogP contribution in [0.25, 0.3) is 0 Å². The van der Waals surface area contributed by atoms with E-state index in [4.69, 9.17) is 16.3 Å². The molecular formula is C10H11ClO2. The van der Waals surface area contributed by atoms with Crippen molar-refractivity contribution in [3.8, 4) is 0 Å². The third-order valence-corrected chi connectivity index (χ3v) is 2.09. The van der Waals surface area contributed by atoms with Gasteiger partial charge in [0.1, 0.15) is 6.61 Å². The van der Waals surface area contributed by atoms with Crippen molar-refractivity contribution in [2.45, 2.75) is 20.5 Å². The second kappa shape index (κ2) is 4.28. The average molecular weight is 199 g/mol. The van der Waals surface area contributed by atoms with E-state index in [1.807, 2.05) is 19.1 Å². The van der Waals surface area contributed by atoms with Crippen LogP contribution in [0.4, 0.5) is 0 Å². The zero-order valence-electron chi connectivity index (χ0n) is 7.63. The molecule has 0 bridgehead atoms. The van der Waals surface area contributed by atoms with E-state index < -0.39 is 0 Å². The first-order valence-corrected chi connectivity index (χ1v) is 4.36. The third kappa shape index (κ3) is 3.07. The molecule has 0 saturated carbocycles. The molecule has 0 heterocycles.